The Morgan fingerprint density at radius 2 is 1.90 bits per heavy atom. The zero-order valence-corrected chi connectivity index (χ0v) is 23.5. The molecular weight excluding hydrogens is 514 g/mol. The number of piperazine rings is 1. The Bertz CT molecular complexity index is 1260. The average Bonchev–Trinajstić information content (AvgIpc) is 3.47. The summed E-state index contributed by atoms with van der Waals surface area (Å²) < 4.78 is 5.96. The molecule has 6 rings (SSSR count). The van der Waals surface area contributed by atoms with E-state index in [0.717, 1.165) is 63.3 Å². The van der Waals surface area contributed by atoms with Gasteiger partial charge in [-0.3, -0.25) is 9.69 Å². The number of likely N-dealkylation sites (N-methyl/N-ethyl adjacent to an activating group) is 1. The number of carbonyl (C=O) groups is 1. The van der Waals surface area contributed by atoms with Crippen LogP contribution in [0.5, 0.6) is 5.75 Å². The lowest BCUT2D eigenvalue weighted by atomic mass is 9.88. The fourth-order valence-electron chi connectivity index (χ4n) is 7.05. The van der Waals surface area contributed by atoms with Crippen molar-refractivity contribution >= 4 is 35.0 Å². The minimum Gasteiger partial charge on any atom is -0.494 e. The number of primary amides is 1. The fourth-order valence-corrected chi connectivity index (χ4v) is 7.20. The van der Waals surface area contributed by atoms with Gasteiger partial charge in [-0.2, -0.15) is 4.98 Å². The van der Waals surface area contributed by atoms with Gasteiger partial charge in [-0.1, -0.05) is 29.8 Å². The number of anilines is 3. The second-order valence-electron chi connectivity index (χ2n) is 11.4. The highest BCUT2D eigenvalue weighted by Gasteiger charge is 2.47. The molecule has 0 unspecified atom stereocenters. The molecule has 1 aromatic carbocycles. The number of methoxy groups -OCH3 is 1. The van der Waals surface area contributed by atoms with E-state index in [9.17, 15) is 4.79 Å². The zero-order valence-electron chi connectivity index (χ0n) is 22.7. The number of aromatic nitrogens is 2. The van der Waals surface area contributed by atoms with E-state index in [-0.39, 0.29) is 29.7 Å². The van der Waals surface area contributed by atoms with Crippen molar-refractivity contribution in [2.45, 2.75) is 44.2 Å². The Morgan fingerprint density at radius 1 is 1.13 bits per heavy atom. The maximum atomic E-state index is 12.2. The number of benzene rings is 1. The third-order valence-electron chi connectivity index (χ3n) is 9.17. The molecule has 3 aliphatic carbocycles. The highest BCUT2D eigenvalue weighted by molar-refractivity contribution is 6.32. The number of amides is 1. The molecule has 39 heavy (non-hydrogen) atoms. The Hall–Kier alpha value is -2.88. The standard InChI is InChI=1S/C29H38ClN7O2/c1-36-11-13-37(14-12-36)20-7-5-17-6-10-23(26(39-2)21(17)9-8-20)33-29-32-16-22(30)28(35-29)34-25-19-4-3-18(15-19)24(25)27(31)38/h3-4,6,10,16,18-20,24-25H,5,7-9,11-15H2,1-2H3,(H2,31,38)(H2,32,33,34,35)/t18-,19+,20-,24+,25-/m1/s1. The molecule has 2 heterocycles. The van der Waals surface area contributed by atoms with Crippen molar-refractivity contribution in [2.75, 3.05) is 51.0 Å². The van der Waals surface area contributed by atoms with Crippen LogP contribution in [-0.4, -0.2) is 78.1 Å². The van der Waals surface area contributed by atoms with Crippen molar-refractivity contribution in [3.05, 3.63) is 46.6 Å². The molecule has 10 heteroatoms. The van der Waals surface area contributed by atoms with Crippen LogP contribution in [0, 0.1) is 17.8 Å². The summed E-state index contributed by atoms with van der Waals surface area (Å²) in [6, 6.07) is 4.74. The van der Waals surface area contributed by atoms with Gasteiger partial charge in [0.15, 0.2) is 5.82 Å². The molecule has 2 fully saturated rings. The van der Waals surface area contributed by atoms with Crippen molar-refractivity contribution in [1.82, 2.24) is 19.8 Å². The van der Waals surface area contributed by atoms with Gasteiger partial charge in [-0.05, 0) is 68.2 Å². The summed E-state index contributed by atoms with van der Waals surface area (Å²) in [4.78, 5) is 26.4. The zero-order chi connectivity index (χ0) is 27.1. The van der Waals surface area contributed by atoms with Gasteiger partial charge in [-0.15, -0.1) is 0 Å². The molecular formula is C29H38ClN7O2. The Labute approximate surface area is 235 Å². The number of carbonyl (C=O) groups excluding carboxylic acids is 1. The Morgan fingerprint density at radius 3 is 2.67 bits per heavy atom. The third-order valence-corrected chi connectivity index (χ3v) is 9.45. The van der Waals surface area contributed by atoms with Gasteiger partial charge >= 0.3 is 0 Å². The topological polar surface area (TPSA) is 109 Å². The fraction of sp³-hybridized carbons (Fsp3) is 0.552. The molecule has 0 spiro atoms. The van der Waals surface area contributed by atoms with E-state index in [2.05, 4.69) is 61.7 Å². The number of nitrogens with zero attached hydrogens (tertiary/aromatic N) is 4. The van der Waals surface area contributed by atoms with Gasteiger partial charge in [0, 0.05) is 38.3 Å². The molecule has 9 nitrogen and oxygen atoms in total. The van der Waals surface area contributed by atoms with Crippen molar-refractivity contribution in [3.63, 3.8) is 0 Å². The lowest BCUT2D eigenvalue weighted by molar-refractivity contribution is -0.122. The predicted molar refractivity (Wildman–Crippen MR) is 154 cm³/mol. The van der Waals surface area contributed by atoms with Gasteiger partial charge in [0.05, 0.1) is 24.9 Å². The first-order valence-corrected chi connectivity index (χ1v) is 14.4. The van der Waals surface area contributed by atoms with Gasteiger partial charge in [-0.25, -0.2) is 4.98 Å². The molecule has 2 aromatic rings. The van der Waals surface area contributed by atoms with Crippen molar-refractivity contribution in [3.8, 4) is 5.75 Å². The number of aryl methyl sites for hydroxylation is 1. The van der Waals surface area contributed by atoms with Crippen LogP contribution in [-0.2, 0) is 17.6 Å². The molecule has 1 amide bonds. The maximum Gasteiger partial charge on any atom is 0.229 e. The number of halogens is 1. The summed E-state index contributed by atoms with van der Waals surface area (Å²) in [6.45, 7) is 4.57. The molecule has 4 N–H and O–H groups in total. The maximum absolute atomic E-state index is 12.2. The van der Waals surface area contributed by atoms with Crippen LogP contribution in [0.1, 0.15) is 30.4 Å². The van der Waals surface area contributed by atoms with Crippen LogP contribution in [0.4, 0.5) is 17.5 Å². The first-order chi connectivity index (χ1) is 18.9. The summed E-state index contributed by atoms with van der Waals surface area (Å²) in [5.74, 6) is 1.59. The van der Waals surface area contributed by atoms with Crippen LogP contribution in [0.15, 0.2) is 30.5 Å². The van der Waals surface area contributed by atoms with Crippen LogP contribution < -0.4 is 21.1 Å². The van der Waals surface area contributed by atoms with Gasteiger partial charge < -0.3 is 26.0 Å². The van der Waals surface area contributed by atoms with E-state index in [0.29, 0.717) is 22.8 Å². The Kier molecular flexibility index (Phi) is 7.39. The number of fused-ring (bicyclic) bond motifs is 3. The monoisotopic (exact) mass is 551 g/mol. The third kappa shape index (κ3) is 5.19. The van der Waals surface area contributed by atoms with E-state index in [1.165, 1.54) is 17.5 Å². The molecule has 4 aliphatic rings. The van der Waals surface area contributed by atoms with E-state index < -0.39 is 0 Å². The first-order valence-electron chi connectivity index (χ1n) is 14.1. The van der Waals surface area contributed by atoms with Crippen LogP contribution >= 0.6 is 11.6 Å². The lowest BCUT2D eigenvalue weighted by Gasteiger charge is -2.37. The summed E-state index contributed by atoms with van der Waals surface area (Å²) in [5, 5.41) is 7.18. The highest BCUT2D eigenvalue weighted by atomic mass is 35.5. The quantitative estimate of drug-likeness (QED) is 0.355. The SMILES string of the molecule is COc1c(Nc2ncc(Cl)c(N[C@H]3[C@@H](C(N)=O)[C@@H]4C=C[C@H]3C4)n2)ccc2c1CC[C@H](N1CCN(C)CC1)CC2. The number of hydrogen-bond donors (Lipinski definition) is 3. The number of rotatable bonds is 7. The lowest BCUT2D eigenvalue weighted by Crippen LogP contribution is -2.49. The minimum atomic E-state index is -0.294. The smallest absolute Gasteiger partial charge is 0.229 e. The van der Waals surface area contributed by atoms with Crippen LogP contribution in [0.2, 0.25) is 5.02 Å². The number of hydrogen-bond acceptors (Lipinski definition) is 8. The molecule has 1 saturated carbocycles. The molecule has 1 saturated heterocycles. The van der Waals surface area contributed by atoms with Crippen molar-refractivity contribution in [2.24, 2.45) is 23.5 Å². The van der Waals surface area contributed by atoms with Gasteiger partial charge in [0.25, 0.3) is 0 Å². The van der Waals surface area contributed by atoms with Crippen LogP contribution in [0.25, 0.3) is 0 Å². The molecule has 2 bridgehead atoms. The number of nitrogens with two attached hydrogens (primary N) is 1. The minimum absolute atomic E-state index is 0.131. The number of allylic oxidation sites excluding steroid dienone is 1. The van der Waals surface area contributed by atoms with Gasteiger partial charge in [0.1, 0.15) is 10.8 Å². The van der Waals surface area contributed by atoms with Crippen LogP contribution in [0.3, 0.4) is 0 Å². The second-order valence-corrected chi connectivity index (χ2v) is 11.8. The first kappa shape index (κ1) is 26.3. The van der Waals surface area contributed by atoms with E-state index >= 15 is 0 Å². The molecule has 208 valence electrons. The van der Waals surface area contributed by atoms with Crippen molar-refractivity contribution in [1.29, 1.82) is 0 Å². The largest absolute Gasteiger partial charge is 0.494 e. The number of ether oxygens (including phenoxy) is 1. The summed E-state index contributed by atoms with van der Waals surface area (Å²) >= 11 is 6.48. The van der Waals surface area contributed by atoms with E-state index in [1.807, 2.05) is 0 Å². The molecule has 5 atom stereocenters. The summed E-state index contributed by atoms with van der Waals surface area (Å²) in [7, 11) is 3.93. The predicted octanol–water partition coefficient (Wildman–Crippen LogP) is 3.46. The second kappa shape index (κ2) is 10.9. The number of nitrogens with one attached hydrogen (secondary N) is 2. The van der Waals surface area contributed by atoms with Gasteiger partial charge in [0.2, 0.25) is 11.9 Å². The Balaban J connectivity index is 1.19. The van der Waals surface area contributed by atoms with Crippen molar-refractivity contribution < 1.29 is 9.53 Å². The summed E-state index contributed by atoms with van der Waals surface area (Å²) in [6.07, 6.45) is 11.1. The van der Waals surface area contributed by atoms with E-state index in [1.54, 1.807) is 13.3 Å². The summed E-state index contributed by atoms with van der Waals surface area (Å²) in [5.41, 5.74) is 9.20. The normalized spacial score (nSPS) is 28.6. The average molecular weight is 552 g/mol. The van der Waals surface area contributed by atoms with E-state index in [4.69, 9.17) is 22.1 Å². The molecule has 1 aromatic heterocycles. The molecule has 1 aliphatic heterocycles. The highest BCUT2D eigenvalue weighted by Crippen LogP contribution is 2.45. The molecule has 0 radical (unpaired) electrons.